The van der Waals surface area contributed by atoms with Gasteiger partial charge in [-0.15, -0.1) is 0 Å². The zero-order valence-electron chi connectivity index (χ0n) is 20.6. The lowest BCUT2D eigenvalue weighted by atomic mass is 9.79. The summed E-state index contributed by atoms with van der Waals surface area (Å²) in [5, 5.41) is 21.6. The van der Waals surface area contributed by atoms with Gasteiger partial charge in [-0.2, -0.15) is 0 Å². The molecule has 33 heavy (non-hydrogen) atoms. The van der Waals surface area contributed by atoms with E-state index in [2.05, 4.69) is 33.0 Å². The standard InChI is InChI=1S/C25H35N5O2S/c1-24(2)14-18(15-25(3,4)28-24)30(6)23(27)33-22(26)19-9-8-16(12-20(19)32-7)17-10-11-29(5)21(31)13-17/h8-13,18,26-28H,14-15H2,1-7H3. The molecule has 0 atom stereocenters. The molecule has 0 aliphatic carbocycles. The van der Waals surface area contributed by atoms with Crippen molar-refractivity contribution in [1.82, 2.24) is 14.8 Å². The normalized spacial score (nSPS) is 17.4. The van der Waals surface area contributed by atoms with Crippen molar-refractivity contribution in [2.45, 2.75) is 57.7 Å². The summed E-state index contributed by atoms with van der Waals surface area (Å²) in [4.78, 5) is 14.0. The number of hydrogen-bond acceptors (Lipinski definition) is 6. The molecule has 1 aliphatic rings. The summed E-state index contributed by atoms with van der Waals surface area (Å²) in [5.41, 5.74) is 2.15. The minimum atomic E-state index is -0.0837. The highest BCUT2D eigenvalue weighted by atomic mass is 32.2. The zero-order chi connectivity index (χ0) is 24.6. The van der Waals surface area contributed by atoms with E-state index in [1.807, 2.05) is 36.2 Å². The molecule has 7 nitrogen and oxygen atoms in total. The topological polar surface area (TPSA) is 94.2 Å². The molecular weight excluding hydrogens is 434 g/mol. The highest BCUT2D eigenvalue weighted by molar-refractivity contribution is 8.26. The van der Waals surface area contributed by atoms with Crippen LogP contribution in [-0.4, -0.2) is 51.0 Å². The zero-order valence-corrected chi connectivity index (χ0v) is 21.4. The number of hydrogen-bond donors (Lipinski definition) is 3. The van der Waals surface area contributed by atoms with Crippen molar-refractivity contribution >= 4 is 22.0 Å². The van der Waals surface area contributed by atoms with Gasteiger partial charge in [0.25, 0.3) is 5.56 Å². The Hall–Kier alpha value is -2.58. The van der Waals surface area contributed by atoms with Crippen LogP contribution in [-0.2, 0) is 7.05 Å². The van der Waals surface area contributed by atoms with Crippen molar-refractivity contribution in [2.24, 2.45) is 7.05 Å². The molecule has 0 bridgehead atoms. The van der Waals surface area contributed by atoms with E-state index >= 15 is 0 Å². The van der Waals surface area contributed by atoms with Gasteiger partial charge in [0.05, 0.1) is 7.11 Å². The van der Waals surface area contributed by atoms with E-state index in [1.54, 1.807) is 26.4 Å². The van der Waals surface area contributed by atoms with Crippen LogP contribution >= 0.6 is 11.8 Å². The Morgan fingerprint density at radius 3 is 2.30 bits per heavy atom. The summed E-state index contributed by atoms with van der Waals surface area (Å²) in [6.45, 7) is 8.79. The number of aromatic nitrogens is 1. The maximum Gasteiger partial charge on any atom is 0.250 e. The number of ether oxygens (including phenoxy) is 1. The first-order chi connectivity index (χ1) is 15.3. The maximum atomic E-state index is 12.0. The molecule has 0 unspecified atom stereocenters. The van der Waals surface area contributed by atoms with Crippen molar-refractivity contribution in [3.05, 3.63) is 52.4 Å². The summed E-state index contributed by atoms with van der Waals surface area (Å²) in [6, 6.07) is 9.22. The molecule has 1 aromatic heterocycles. The van der Waals surface area contributed by atoms with Gasteiger partial charge in [0, 0.05) is 49.0 Å². The first kappa shape index (κ1) is 25.1. The van der Waals surface area contributed by atoms with Gasteiger partial charge in [-0.3, -0.25) is 15.6 Å². The smallest absolute Gasteiger partial charge is 0.250 e. The van der Waals surface area contributed by atoms with E-state index in [9.17, 15) is 4.79 Å². The molecule has 1 aromatic carbocycles. The third-order valence-corrected chi connectivity index (χ3v) is 7.02. The second-order valence-corrected chi connectivity index (χ2v) is 11.1. The summed E-state index contributed by atoms with van der Waals surface area (Å²) in [5.74, 6) is 0.547. The summed E-state index contributed by atoms with van der Waals surface area (Å²) < 4.78 is 7.09. The minimum absolute atomic E-state index is 0.0172. The minimum Gasteiger partial charge on any atom is -0.496 e. The van der Waals surface area contributed by atoms with E-state index in [4.69, 9.17) is 15.6 Å². The second kappa shape index (κ2) is 9.35. The number of piperidine rings is 1. The van der Waals surface area contributed by atoms with Crippen molar-refractivity contribution in [2.75, 3.05) is 14.2 Å². The van der Waals surface area contributed by atoms with E-state index in [1.165, 1.54) is 4.57 Å². The van der Waals surface area contributed by atoms with Crippen molar-refractivity contribution in [3.63, 3.8) is 0 Å². The molecule has 2 aromatic rings. The first-order valence-electron chi connectivity index (χ1n) is 11.0. The number of nitrogens with zero attached hydrogens (tertiary/aromatic N) is 2. The fourth-order valence-corrected chi connectivity index (χ4v) is 5.48. The number of rotatable bonds is 4. The van der Waals surface area contributed by atoms with Crippen molar-refractivity contribution in [3.8, 4) is 16.9 Å². The molecule has 1 fully saturated rings. The molecule has 1 aliphatic heterocycles. The third kappa shape index (κ3) is 5.86. The SMILES string of the molecule is COc1cc(-c2ccn(C)c(=O)c2)ccc1C(=N)SC(=N)N(C)C1CC(C)(C)NC(C)(C)C1. The van der Waals surface area contributed by atoms with E-state index < -0.39 is 0 Å². The Morgan fingerprint density at radius 2 is 1.73 bits per heavy atom. The molecule has 0 saturated carbocycles. The van der Waals surface area contributed by atoms with Crippen LogP contribution in [0.4, 0.5) is 0 Å². The Bertz CT molecular complexity index is 1110. The molecule has 0 amide bonds. The molecule has 0 spiro atoms. The number of methoxy groups -OCH3 is 1. The van der Waals surface area contributed by atoms with Crippen molar-refractivity contribution in [1.29, 1.82) is 10.8 Å². The lowest BCUT2D eigenvalue weighted by Crippen LogP contribution is -2.62. The van der Waals surface area contributed by atoms with Crippen LogP contribution in [0.5, 0.6) is 5.75 Å². The summed E-state index contributed by atoms with van der Waals surface area (Å²) in [7, 11) is 5.23. The van der Waals surface area contributed by atoms with Gasteiger partial charge in [0.15, 0.2) is 5.17 Å². The summed E-state index contributed by atoms with van der Waals surface area (Å²) in [6.07, 6.45) is 3.59. The van der Waals surface area contributed by atoms with Gasteiger partial charge in [-0.05, 0) is 81.6 Å². The number of amidine groups is 1. The Balaban J connectivity index is 1.77. The Labute approximate surface area is 200 Å². The quantitative estimate of drug-likeness (QED) is 0.459. The fourth-order valence-electron chi connectivity index (χ4n) is 4.72. The maximum absolute atomic E-state index is 12.0. The largest absolute Gasteiger partial charge is 0.496 e. The van der Waals surface area contributed by atoms with Crippen LogP contribution in [0, 0.1) is 10.8 Å². The predicted molar refractivity (Wildman–Crippen MR) is 138 cm³/mol. The Morgan fingerprint density at radius 1 is 1.12 bits per heavy atom. The van der Waals surface area contributed by atoms with Gasteiger partial charge >= 0.3 is 0 Å². The monoisotopic (exact) mass is 469 g/mol. The van der Waals surface area contributed by atoms with Crippen LogP contribution < -0.4 is 15.6 Å². The van der Waals surface area contributed by atoms with Gasteiger partial charge < -0.3 is 19.5 Å². The highest BCUT2D eigenvalue weighted by Crippen LogP contribution is 2.33. The lowest BCUT2D eigenvalue weighted by Gasteiger charge is -2.49. The first-order valence-corrected chi connectivity index (χ1v) is 11.9. The third-order valence-electron chi connectivity index (χ3n) is 6.12. The second-order valence-electron chi connectivity index (χ2n) is 10.1. The van der Waals surface area contributed by atoms with Crippen LogP contribution in [0.25, 0.3) is 11.1 Å². The molecule has 178 valence electrons. The predicted octanol–water partition coefficient (Wildman–Crippen LogP) is 4.30. The molecule has 2 heterocycles. The van der Waals surface area contributed by atoms with Crippen molar-refractivity contribution < 1.29 is 4.74 Å². The van der Waals surface area contributed by atoms with E-state index in [-0.39, 0.29) is 27.7 Å². The van der Waals surface area contributed by atoms with Gasteiger partial charge in [-0.1, -0.05) is 6.07 Å². The molecular formula is C25H35N5O2S. The number of aryl methyl sites for hydroxylation is 1. The van der Waals surface area contributed by atoms with Crippen LogP contribution in [0.2, 0.25) is 0 Å². The van der Waals surface area contributed by atoms with Crippen LogP contribution in [0.15, 0.2) is 41.3 Å². The van der Waals surface area contributed by atoms with E-state index in [0.717, 1.165) is 35.7 Å². The average molecular weight is 470 g/mol. The van der Waals surface area contributed by atoms with Crippen LogP contribution in [0.1, 0.15) is 46.1 Å². The summed E-state index contributed by atoms with van der Waals surface area (Å²) >= 11 is 1.13. The van der Waals surface area contributed by atoms with Gasteiger partial charge in [0.2, 0.25) is 0 Å². The molecule has 0 radical (unpaired) electrons. The number of benzene rings is 1. The highest BCUT2D eigenvalue weighted by Gasteiger charge is 2.39. The lowest BCUT2D eigenvalue weighted by molar-refractivity contribution is 0.114. The molecule has 8 heteroatoms. The average Bonchev–Trinajstić information content (AvgIpc) is 2.72. The number of thioether (sulfide) groups is 1. The van der Waals surface area contributed by atoms with E-state index in [0.29, 0.717) is 16.5 Å². The number of pyridine rings is 1. The fraction of sp³-hybridized carbons (Fsp3) is 0.480. The molecule has 3 rings (SSSR count). The molecule has 1 saturated heterocycles. The number of nitrogens with one attached hydrogen (secondary N) is 3. The Kier molecular flexibility index (Phi) is 7.10. The molecule has 3 N–H and O–H groups in total. The van der Waals surface area contributed by atoms with Gasteiger partial charge in [0.1, 0.15) is 10.8 Å². The van der Waals surface area contributed by atoms with Crippen LogP contribution in [0.3, 0.4) is 0 Å². The van der Waals surface area contributed by atoms with Gasteiger partial charge in [-0.25, -0.2) is 0 Å².